The van der Waals surface area contributed by atoms with E-state index in [0.29, 0.717) is 17.9 Å². The quantitative estimate of drug-likeness (QED) is 0.452. The van der Waals surface area contributed by atoms with Crippen molar-refractivity contribution in [1.29, 1.82) is 0 Å². The average Bonchev–Trinajstić information content (AvgIpc) is 3.18. The molecule has 5 heteroatoms. The highest BCUT2D eigenvalue weighted by Crippen LogP contribution is 2.22. The highest BCUT2D eigenvalue weighted by atomic mass is 16.5. The molecule has 1 amide bonds. The predicted octanol–water partition coefficient (Wildman–Crippen LogP) is 5.25. The molecule has 1 atom stereocenters. The SMILES string of the molecule is COc1cccc(C(=O)NC(C)c2nc3ccccc3n2C/C=C/c2ccccc2)c1. The van der Waals surface area contributed by atoms with E-state index in [9.17, 15) is 4.79 Å². The molecule has 5 nitrogen and oxygen atoms in total. The number of para-hydroxylation sites is 2. The number of fused-ring (bicyclic) bond motifs is 1. The first-order chi connectivity index (χ1) is 15.2. The van der Waals surface area contributed by atoms with Crippen molar-refractivity contribution in [3.05, 3.63) is 102 Å². The molecule has 1 unspecified atom stereocenters. The topological polar surface area (TPSA) is 56.1 Å². The molecule has 3 aromatic carbocycles. The number of nitrogens with one attached hydrogen (secondary N) is 1. The van der Waals surface area contributed by atoms with Crippen LogP contribution in [0.15, 0.2) is 84.9 Å². The maximum atomic E-state index is 12.8. The summed E-state index contributed by atoms with van der Waals surface area (Å²) in [6.07, 6.45) is 4.21. The molecule has 4 rings (SSSR count). The maximum Gasteiger partial charge on any atom is 0.251 e. The Kier molecular flexibility index (Phi) is 6.13. The van der Waals surface area contributed by atoms with Crippen LogP contribution in [0.1, 0.15) is 34.7 Å². The molecule has 0 saturated heterocycles. The van der Waals surface area contributed by atoms with Crippen LogP contribution >= 0.6 is 0 Å². The molecule has 1 N–H and O–H groups in total. The van der Waals surface area contributed by atoms with E-state index in [-0.39, 0.29) is 11.9 Å². The number of carbonyl (C=O) groups excluding carboxylic acids is 1. The molecular formula is C26H25N3O2. The van der Waals surface area contributed by atoms with Gasteiger partial charge in [0.15, 0.2) is 0 Å². The van der Waals surface area contributed by atoms with E-state index in [2.05, 4.69) is 40.2 Å². The predicted molar refractivity (Wildman–Crippen MR) is 124 cm³/mol. The number of allylic oxidation sites excluding steroid dienone is 1. The van der Waals surface area contributed by atoms with Crippen molar-refractivity contribution in [1.82, 2.24) is 14.9 Å². The minimum Gasteiger partial charge on any atom is -0.497 e. The fourth-order valence-electron chi connectivity index (χ4n) is 3.58. The third-order valence-corrected chi connectivity index (χ3v) is 5.15. The van der Waals surface area contributed by atoms with Gasteiger partial charge in [-0.05, 0) is 42.8 Å². The monoisotopic (exact) mass is 411 g/mol. The minimum atomic E-state index is -0.267. The fourth-order valence-corrected chi connectivity index (χ4v) is 3.58. The van der Waals surface area contributed by atoms with Crippen LogP contribution in [0, 0.1) is 0 Å². The number of ether oxygens (including phenoxy) is 1. The van der Waals surface area contributed by atoms with Gasteiger partial charge in [0.1, 0.15) is 11.6 Å². The molecule has 31 heavy (non-hydrogen) atoms. The molecule has 0 radical (unpaired) electrons. The van der Waals surface area contributed by atoms with E-state index in [1.165, 1.54) is 0 Å². The van der Waals surface area contributed by atoms with Gasteiger partial charge in [-0.2, -0.15) is 0 Å². The van der Waals surface area contributed by atoms with E-state index in [4.69, 9.17) is 9.72 Å². The highest BCUT2D eigenvalue weighted by Gasteiger charge is 2.18. The average molecular weight is 412 g/mol. The van der Waals surface area contributed by atoms with E-state index >= 15 is 0 Å². The largest absolute Gasteiger partial charge is 0.497 e. The molecule has 0 aliphatic rings. The minimum absolute atomic E-state index is 0.162. The number of hydrogen-bond acceptors (Lipinski definition) is 3. The zero-order valence-electron chi connectivity index (χ0n) is 17.7. The van der Waals surface area contributed by atoms with Gasteiger partial charge < -0.3 is 14.6 Å². The van der Waals surface area contributed by atoms with E-state index in [1.54, 1.807) is 19.2 Å². The van der Waals surface area contributed by atoms with Crippen LogP contribution in [0.5, 0.6) is 5.75 Å². The number of nitrogens with zero attached hydrogens (tertiary/aromatic N) is 2. The molecule has 0 spiro atoms. The summed E-state index contributed by atoms with van der Waals surface area (Å²) in [4.78, 5) is 17.6. The van der Waals surface area contributed by atoms with Crippen LogP contribution in [0.25, 0.3) is 17.1 Å². The summed E-state index contributed by atoms with van der Waals surface area (Å²) in [6, 6.07) is 25.1. The van der Waals surface area contributed by atoms with Gasteiger partial charge >= 0.3 is 0 Å². The molecule has 0 bridgehead atoms. The Labute approximate surface area is 182 Å². The standard InChI is InChI=1S/C26H25N3O2/c1-19(27-26(30)21-13-8-14-22(18-21)31-2)25-28-23-15-6-7-16-24(23)29(25)17-9-12-20-10-4-3-5-11-20/h3-16,18-19H,17H2,1-2H3,(H,27,30)/b12-9+. The molecule has 4 aromatic rings. The molecule has 1 heterocycles. The summed E-state index contributed by atoms with van der Waals surface area (Å²) in [5.74, 6) is 1.30. The second-order valence-electron chi connectivity index (χ2n) is 7.31. The Bertz CT molecular complexity index is 1210. The lowest BCUT2D eigenvalue weighted by molar-refractivity contribution is 0.0937. The zero-order chi connectivity index (χ0) is 21.6. The Morgan fingerprint density at radius 3 is 2.65 bits per heavy atom. The lowest BCUT2D eigenvalue weighted by Crippen LogP contribution is -2.28. The third kappa shape index (κ3) is 4.67. The summed E-state index contributed by atoms with van der Waals surface area (Å²) in [5.41, 5.74) is 3.65. The van der Waals surface area contributed by atoms with Crippen LogP contribution in [0.2, 0.25) is 0 Å². The van der Waals surface area contributed by atoms with Crippen LogP contribution in [0.3, 0.4) is 0 Å². The number of rotatable bonds is 7. The molecule has 0 aliphatic carbocycles. The van der Waals surface area contributed by atoms with Gasteiger partial charge in [-0.15, -0.1) is 0 Å². The van der Waals surface area contributed by atoms with Gasteiger partial charge in [0.05, 0.1) is 24.2 Å². The van der Waals surface area contributed by atoms with Crippen LogP contribution in [-0.4, -0.2) is 22.6 Å². The summed E-state index contributed by atoms with van der Waals surface area (Å²) in [5, 5.41) is 3.07. The Hall–Kier alpha value is -3.86. The van der Waals surface area contributed by atoms with Crippen molar-refractivity contribution in [3.8, 4) is 5.75 Å². The number of methoxy groups -OCH3 is 1. The molecular weight excluding hydrogens is 386 g/mol. The Balaban J connectivity index is 1.59. The van der Waals surface area contributed by atoms with Gasteiger partial charge in [0.2, 0.25) is 0 Å². The normalized spacial score (nSPS) is 12.2. The summed E-state index contributed by atoms with van der Waals surface area (Å²) in [7, 11) is 1.59. The van der Waals surface area contributed by atoms with E-state index < -0.39 is 0 Å². The first-order valence-electron chi connectivity index (χ1n) is 10.3. The van der Waals surface area contributed by atoms with E-state index in [0.717, 1.165) is 22.4 Å². The first kappa shape index (κ1) is 20.4. The Morgan fingerprint density at radius 1 is 1.06 bits per heavy atom. The van der Waals surface area contributed by atoms with Gasteiger partial charge in [-0.3, -0.25) is 4.79 Å². The van der Waals surface area contributed by atoms with Crippen molar-refractivity contribution in [2.45, 2.75) is 19.5 Å². The maximum absolute atomic E-state index is 12.8. The van der Waals surface area contributed by atoms with Crippen molar-refractivity contribution in [2.75, 3.05) is 7.11 Å². The number of carbonyl (C=O) groups is 1. The smallest absolute Gasteiger partial charge is 0.251 e. The van der Waals surface area contributed by atoms with Gasteiger partial charge in [-0.25, -0.2) is 4.98 Å². The number of benzene rings is 3. The summed E-state index contributed by atoms with van der Waals surface area (Å²) in [6.45, 7) is 2.61. The fraction of sp³-hybridized carbons (Fsp3) is 0.154. The van der Waals surface area contributed by atoms with E-state index in [1.807, 2.05) is 55.5 Å². The van der Waals surface area contributed by atoms with Crippen molar-refractivity contribution >= 4 is 23.0 Å². The molecule has 0 aliphatic heterocycles. The number of amides is 1. The second-order valence-corrected chi connectivity index (χ2v) is 7.31. The lowest BCUT2D eigenvalue weighted by Gasteiger charge is -2.16. The first-order valence-corrected chi connectivity index (χ1v) is 10.3. The molecule has 0 fully saturated rings. The van der Waals surface area contributed by atoms with Crippen molar-refractivity contribution in [3.63, 3.8) is 0 Å². The number of imidazole rings is 1. The molecule has 156 valence electrons. The third-order valence-electron chi connectivity index (χ3n) is 5.15. The van der Waals surface area contributed by atoms with Crippen LogP contribution in [0.4, 0.5) is 0 Å². The zero-order valence-corrected chi connectivity index (χ0v) is 17.7. The summed E-state index contributed by atoms with van der Waals surface area (Å²) < 4.78 is 7.37. The van der Waals surface area contributed by atoms with Gasteiger partial charge in [0, 0.05) is 12.1 Å². The number of hydrogen-bond donors (Lipinski definition) is 1. The van der Waals surface area contributed by atoms with Gasteiger partial charge in [-0.1, -0.05) is 60.7 Å². The Morgan fingerprint density at radius 2 is 1.84 bits per heavy atom. The molecule has 0 saturated carbocycles. The van der Waals surface area contributed by atoms with Crippen LogP contribution in [-0.2, 0) is 6.54 Å². The second kappa shape index (κ2) is 9.30. The van der Waals surface area contributed by atoms with Crippen LogP contribution < -0.4 is 10.1 Å². The molecule has 1 aromatic heterocycles. The van der Waals surface area contributed by atoms with Gasteiger partial charge in [0.25, 0.3) is 5.91 Å². The highest BCUT2D eigenvalue weighted by molar-refractivity contribution is 5.94. The van der Waals surface area contributed by atoms with Crippen molar-refractivity contribution < 1.29 is 9.53 Å². The summed E-state index contributed by atoms with van der Waals surface area (Å²) >= 11 is 0. The lowest BCUT2D eigenvalue weighted by atomic mass is 10.2. The van der Waals surface area contributed by atoms with Crippen molar-refractivity contribution in [2.24, 2.45) is 0 Å². The number of aromatic nitrogens is 2.